The van der Waals surface area contributed by atoms with E-state index in [0.717, 1.165) is 40.9 Å². The first kappa shape index (κ1) is 24.6. The molecule has 0 aliphatic carbocycles. The van der Waals surface area contributed by atoms with E-state index in [1.807, 2.05) is 72.2 Å². The Kier molecular flexibility index (Phi) is 6.20. The topological polar surface area (TPSA) is 84.6 Å². The molecule has 196 valence electrons. The lowest BCUT2D eigenvalue weighted by atomic mass is 10.00. The van der Waals surface area contributed by atoms with E-state index < -0.39 is 5.54 Å². The molecule has 9 heteroatoms. The van der Waals surface area contributed by atoms with Gasteiger partial charge in [0.2, 0.25) is 0 Å². The van der Waals surface area contributed by atoms with Crippen LogP contribution in [0.2, 0.25) is 0 Å². The largest absolute Gasteiger partial charge is 0.321 e. The Bertz CT molecular complexity index is 1460. The van der Waals surface area contributed by atoms with Gasteiger partial charge in [0.1, 0.15) is 5.82 Å². The van der Waals surface area contributed by atoms with Crippen molar-refractivity contribution in [3.8, 4) is 0 Å². The molecule has 0 radical (unpaired) electrons. The third-order valence-electron chi connectivity index (χ3n) is 7.80. The number of anilines is 1. The Morgan fingerprint density at radius 1 is 1.11 bits per heavy atom. The SMILES string of the molecule is CN1CCN(C(=O)N2Cc3c(n[nH]c3NC(=O)c3cc4ccccc4s3)C2(C)C)C(Cc2ccccc2)C1. The average molecular weight is 529 g/mol. The Labute approximate surface area is 226 Å². The molecule has 0 saturated carbocycles. The highest BCUT2D eigenvalue weighted by molar-refractivity contribution is 7.20. The van der Waals surface area contributed by atoms with Crippen LogP contribution in [0.1, 0.15) is 40.3 Å². The summed E-state index contributed by atoms with van der Waals surface area (Å²) >= 11 is 1.46. The van der Waals surface area contributed by atoms with Gasteiger partial charge in [-0.1, -0.05) is 48.5 Å². The van der Waals surface area contributed by atoms with Crippen molar-refractivity contribution in [1.82, 2.24) is 24.9 Å². The molecule has 3 amide bonds. The fourth-order valence-corrected chi connectivity index (χ4v) is 6.62. The van der Waals surface area contributed by atoms with Crippen LogP contribution in [0.25, 0.3) is 10.1 Å². The number of thiophene rings is 1. The van der Waals surface area contributed by atoms with Gasteiger partial charge in [-0.2, -0.15) is 5.10 Å². The summed E-state index contributed by atoms with van der Waals surface area (Å²) in [6.07, 6.45) is 0.812. The van der Waals surface area contributed by atoms with E-state index in [4.69, 9.17) is 0 Å². The Morgan fingerprint density at radius 2 is 1.87 bits per heavy atom. The summed E-state index contributed by atoms with van der Waals surface area (Å²) in [4.78, 5) is 34.0. The molecule has 6 rings (SSSR count). The number of piperazine rings is 1. The van der Waals surface area contributed by atoms with Gasteiger partial charge in [-0.25, -0.2) is 4.79 Å². The lowest BCUT2D eigenvalue weighted by Crippen LogP contribution is -2.59. The van der Waals surface area contributed by atoms with Crippen molar-refractivity contribution in [3.63, 3.8) is 0 Å². The van der Waals surface area contributed by atoms with Crippen LogP contribution in [0.5, 0.6) is 0 Å². The van der Waals surface area contributed by atoms with Crippen molar-refractivity contribution in [2.75, 3.05) is 32.0 Å². The maximum absolute atomic E-state index is 14.1. The second kappa shape index (κ2) is 9.56. The van der Waals surface area contributed by atoms with Crippen LogP contribution >= 0.6 is 11.3 Å². The summed E-state index contributed by atoms with van der Waals surface area (Å²) < 4.78 is 1.07. The highest BCUT2D eigenvalue weighted by Gasteiger charge is 2.47. The number of rotatable bonds is 4. The molecule has 2 N–H and O–H groups in total. The maximum atomic E-state index is 14.1. The summed E-state index contributed by atoms with van der Waals surface area (Å²) in [6, 6.07) is 20.3. The second-order valence-corrected chi connectivity index (χ2v) is 11.8. The van der Waals surface area contributed by atoms with Gasteiger partial charge in [-0.3, -0.25) is 9.89 Å². The molecule has 2 aromatic carbocycles. The molecule has 4 heterocycles. The third-order valence-corrected chi connectivity index (χ3v) is 8.92. The number of likely N-dealkylation sites (N-methyl/N-ethyl adjacent to an activating group) is 1. The van der Waals surface area contributed by atoms with E-state index >= 15 is 0 Å². The molecule has 0 spiro atoms. The number of urea groups is 1. The Morgan fingerprint density at radius 3 is 2.66 bits per heavy atom. The van der Waals surface area contributed by atoms with Crippen molar-refractivity contribution in [1.29, 1.82) is 0 Å². The van der Waals surface area contributed by atoms with Crippen LogP contribution in [0.4, 0.5) is 10.6 Å². The zero-order valence-corrected chi connectivity index (χ0v) is 22.7. The predicted molar refractivity (Wildman–Crippen MR) is 150 cm³/mol. The molecule has 0 bridgehead atoms. The second-order valence-electron chi connectivity index (χ2n) is 10.8. The monoisotopic (exact) mass is 528 g/mol. The number of aromatic amines is 1. The quantitative estimate of drug-likeness (QED) is 0.394. The molecule has 2 aromatic heterocycles. The minimum atomic E-state index is -0.607. The number of nitrogens with one attached hydrogen (secondary N) is 2. The summed E-state index contributed by atoms with van der Waals surface area (Å²) in [6.45, 7) is 6.79. The van der Waals surface area contributed by atoms with E-state index in [0.29, 0.717) is 23.8 Å². The van der Waals surface area contributed by atoms with Crippen LogP contribution in [0.15, 0.2) is 60.7 Å². The van der Waals surface area contributed by atoms with Gasteiger partial charge in [0.05, 0.1) is 28.7 Å². The molecule has 1 atom stereocenters. The Hall–Kier alpha value is -3.69. The van der Waals surface area contributed by atoms with Crippen LogP contribution in [-0.4, -0.2) is 69.6 Å². The number of hydrogen-bond acceptors (Lipinski definition) is 5. The molecule has 2 aliphatic rings. The van der Waals surface area contributed by atoms with Gasteiger partial charge in [0.15, 0.2) is 0 Å². The first-order chi connectivity index (χ1) is 18.3. The first-order valence-electron chi connectivity index (χ1n) is 13.0. The van der Waals surface area contributed by atoms with Crippen molar-refractivity contribution in [2.24, 2.45) is 0 Å². The first-order valence-corrected chi connectivity index (χ1v) is 13.8. The fourth-order valence-electron chi connectivity index (χ4n) is 5.67. The number of carbonyl (C=O) groups excluding carboxylic acids is 2. The number of nitrogens with zero attached hydrogens (tertiary/aromatic N) is 4. The van der Waals surface area contributed by atoms with Crippen molar-refractivity contribution in [2.45, 2.75) is 38.4 Å². The van der Waals surface area contributed by atoms with Gasteiger partial charge in [0, 0.05) is 29.9 Å². The molecular formula is C29H32N6O2S. The highest BCUT2D eigenvalue weighted by atomic mass is 32.1. The number of aromatic nitrogens is 2. The zero-order chi connectivity index (χ0) is 26.4. The molecule has 1 saturated heterocycles. The van der Waals surface area contributed by atoms with Crippen LogP contribution in [-0.2, 0) is 18.5 Å². The van der Waals surface area contributed by atoms with E-state index in [2.05, 4.69) is 39.6 Å². The number of fused-ring (bicyclic) bond motifs is 2. The van der Waals surface area contributed by atoms with E-state index in [1.54, 1.807) is 0 Å². The predicted octanol–water partition coefficient (Wildman–Crippen LogP) is 4.91. The van der Waals surface area contributed by atoms with Crippen molar-refractivity contribution in [3.05, 3.63) is 82.4 Å². The summed E-state index contributed by atoms with van der Waals surface area (Å²) in [5.74, 6) is 0.382. The molecule has 38 heavy (non-hydrogen) atoms. The van der Waals surface area contributed by atoms with Crippen molar-refractivity contribution >= 4 is 39.2 Å². The number of carbonyl (C=O) groups is 2. The van der Waals surface area contributed by atoms with Crippen LogP contribution < -0.4 is 5.32 Å². The molecular weight excluding hydrogens is 496 g/mol. The number of benzene rings is 2. The Balaban J connectivity index is 1.22. The molecule has 4 aromatic rings. The van der Waals surface area contributed by atoms with E-state index in [1.165, 1.54) is 16.9 Å². The van der Waals surface area contributed by atoms with E-state index in [-0.39, 0.29) is 18.0 Å². The summed E-state index contributed by atoms with van der Waals surface area (Å²) in [5.41, 5.74) is 2.29. The molecule has 1 fully saturated rings. The van der Waals surface area contributed by atoms with Gasteiger partial charge < -0.3 is 20.0 Å². The molecule has 2 aliphatic heterocycles. The minimum absolute atomic E-state index is 0.0174. The normalized spacial score (nSPS) is 19.1. The lowest BCUT2D eigenvalue weighted by molar-refractivity contribution is 0.0611. The average Bonchev–Trinajstić information content (AvgIpc) is 3.58. The zero-order valence-electron chi connectivity index (χ0n) is 21.9. The van der Waals surface area contributed by atoms with Crippen LogP contribution in [0.3, 0.4) is 0 Å². The standard InChI is InChI=1S/C29H32N6O2S/c1-29(2)25-22(26(32-31-25)30-27(36)24-16-20-11-7-8-12-23(20)38-24)18-35(29)28(37)34-14-13-33(3)17-21(34)15-19-9-5-4-6-10-19/h4-12,16,21H,13-15,17-18H2,1-3H3,(H2,30,31,32,36). The maximum Gasteiger partial charge on any atom is 0.321 e. The third kappa shape index (κ3) is 4.35. The smallest absolute Gasteiger partial charge is 0.319 e. The summed E-state index contributed by atoms with van der Waals surface area (Å²) in [5, 5.41) is 11.6. The fraction of sp³-hybridized carbons (Fsp3) is 0.345. The lowest BCUT2D eigenvalue weighted by Gasteiger charge is -2.44. The summed E-state index contributed by atoms with van der Waals surface area (Å²) in [7, 11) is 2.11. The van der Waals surface area contributed by atoms with Gasteiger partial charge >= 0.3 is 6.03 Å². The minimum Gasteiger partial charge on any atom is -0.319 e. The number of hydrogen-bond donors (Lipinski definition) is 2. The number of H-pyrrole nitrogens is 1. The van der Waals surface area contributed by atoms with Gasteiger partial charge in [-0.05, 0) is 50.4 Å². The molecule has 1 unspecified atom stereocenters. The highest BCUT2D eigenvalue weighted by Crippen LogP contribution is 2.41. The molecule has 8 nitrogen and oxygen atoms in total. The van der Waals surface area contributed by atoms with Crippen LogP contribution in [0, 0.1) is 0 Å². The van der Waals surface area contributed by atoms with Gasteiger partial charge in [0.25, 0.3) is 5.91 Å². The van der Waals surface area contributed by atoms with Crippen molar-refractivity contribution < 1.29 is 9.59 Å². The van der Waals surface area contributed by atoms with Gasteiger partial charge in [-0.15, -0.1) is 11.3 Å². The number of amides is 3. The van der Waals surface area contributed by atoms with E-state index in [9.17, 15) is 9.59 Å².